The fourth-order valence-electron chi connectivity index (χ4n) is 1.92. The molecule has 1 N–H and O–H groups in total. The van der Waals surface area contributed by atoms with E-state index in [9.17, 15) is 0 Å². The second-order valence-electron chi connectivity index (χ2n) is 3.77. The molecule has 0 bridgehead atoms. The zero-order valence-corrected chi connectivity index (χ0v) is 10.3. The van der Waals surface area contributed by atoms with Gasteiger partial charge in [0, 0.05) is 12.6 Å². The van der Waals surface area contributed by atoms with Crippen molar-refractivity contribution in [1.29, 1.82) is 5.26 Å². The molecule has 0 saturated heterocycles. The van der Waals surface area contributed by atoms with Gasteiger partial charge in [0.2, 0.25) is 0 Å². The molecule has 1 aromatic rings. The maximum Gasteiger partial charge on any atom is 0.169 e. The predicted molar refractivity (Wildman–Crippen MR) is 65.5 cm³/mol. The zero-order valence-electron chi connectivity index (χ0n) is 10.3. The van der Waals surface area contributed by atoms with Gasteiger partial charge >= 0.3 is 0 Å². The van der Waals surface area contributed by atoms with Crippen LogP contribution in [0.3, 0.4) is 0 Å². The van der Waals surface area contributed by atoms with E-state index < -0.39 is 0 Å². The molecule has 0 atom stereocenters. The third kappa shape index (κ3) is 3.14. The fourth-order valence-corrected chi connectivity index (χ4v) is 1.92. The third-order valence-corrected chi connectivity index (χ3v) is 2.82. The summed E-state index contributed by atoms with van der Waals surface area (Å²) in [5.74, 6) is 0.567. The Kier molecular flexibility index (Phi) is 5.37. The Hall–Kier alpha value is -1.67. The van der Waals surface area contributed by atoms with Crippen LogP contribution in [0.4, 0.5) is 5.82 Å². The van der Waals surface area contributed by atoms with Crippen molar-refractivity contribution in [3.63, 3.8) is 0 Å². The quantitative estimate of drug-likeness (QED) is 0.804. The SMILES string of the molecule is CCC(CC)N(CCO)c1nnccc1C#N. The third-order valence-electron chi connectivity index (χ3n) is 2.82. The summed E-state index contributed by atoms with van der Waals surface area (Å²) in [6.45, 7) is 4.68. The van der Waals surface area contributed by atoms with Crippen molar-refractivity contribution in [2.24, 2.45) is 0 Å². The number of aromatic nitrogens is 2. The number of anilines is 1. The molecule has 92 valence electrons. The minimum absolute atomic E-state index is 0.0396. The Bertz CT molecular complexity index is 384. The van der Waals surface area contributed by atoms with E-state index in [4.69, 9.17) is 10.4 Å². The molecule has 1 aromatic heterocycles. The highest BCUT2D eigenvalue weighted by atomic mass is 16.3. The van der Waals surface area contributed by atoms with E-state index in [1.807, 2.05) is 4.90 Å². The van der Waals surface area contributed by atoms with Crippen molar-refractivity contribution >= 4 is 5.82 Å². The molecule has 0 aromatic carbocycles. The number of rotatable bonds is 6. The van der Waals surface area contributed by atoms with Crippen LogP contribution in [0.5, 0.6) is 0 Å². The van der Waals surface area contributed by atoms with Crippen molar-refractivity contribution < 1.29 is 5.11 Å². The van der Waals surface area contributed by atoms with Crippen LogP contribution in [0, 0.1) is 11.3 Å². The van der Waals surface area contributed by atoms with Crippen LogP contribution >= 0.6 is 0 Å². The first-order chi connectivity index (χ1) is 8.28. The zero-order chi connectivity index (χ0) is 12.7. The van der Waals surface area contributed by atoms with E-state index >= 15 is 0 Å². The summed E-state index contributed by atoms with van der Waals surface area (Å²) in [7, 11) is 0. The minimum Gasteiger partial charge on any atom is -0.395 e. The summed E-state index contributed by atoms with van der Waals surface area (Å²) in [5.41, 5.74) is 0.500. The van der Waals surface area contributed by atoms with Gasteiger partial charge in [0.25, 0.3) is 0 Å². The van der Waals surface area contributed by atoms with Gasteiger partial charge in [-0.05, 0) is 18.9 Å². The van der Waals surface area contributed by atoms with Crippen LogP contribution in [-0.4, -0.2) is 34.5 Å². The fraction of sp³-hybridized carbons (Fsp3) is 0.583. The molecule has 0 amide bonds. The Morgan fingerprint density at radius 3 is 2.71 bits per heavy atom. The van der Waals surface area contributed by atoms with E-state index in [0.717, 1.165) is 12.8 Å². The van der Waals surface area contributed by atoms with Crippen LogP contribution in [0.1, 0.15) is 32.3 Å². The van der Waals surface area contributed by atoms with Gasteiger partial charge in [-0.2, -0.15) is 10.4 Å². The Balaban J connectivity index is 3.09. The molecule has 0 unspecified atom stereocenters. The number of nitriles is 1. The van der Waals surface area contributed by atoms with Crippen molar-refractivity contribution in [2.45, 2.75) is 32.7 Å². The summed E-state index contributed by atoms with van der Waals surface area (Å²) in [6, 6.07) is 4.03. The monoisotopic (exact) mass is 234 g/mol. The number of hydrogen-bond acceptors (Lipinski definition) is 5. The van der Waals surface area contributed by atoms with Crippen LogP contribution in [0.25, 0.3) is 0 Å². The average molecular weight is 234 g/mol. The number of hydrogen-bond donors (Lipinski definition) is 1. The van der Waals surface area contributed by atoms with Gasteiger partial charge in [-0.15, -0.1) is 5.10 Å². The normalized spacial score (nSPS) is 10.3. The lowest BCUT2D eigenvalue weighted by atomic mass is 10.1. The highest BCUT2D eigenvalue weighted by molar-refractivity contribution is 5.53. The molecule has 1 rings (SSSR count). The maximum absolute atomic E-state index is 9.13. The smallest absolute Gasteiger partial charge is 0.169 e. The average Bonchev–Trinajstić information content (AvgIpc) is 2.39. The van der Waals surface area contributed by atoms with E-state index in [-0.39, 0.29) is 12.6 Å². The maximum atomic E-state index is 9.13. The molecule has 0 radical (unpaired) electrons. The lowest BCUT2D eigenvalue weighted by molar-refractivity contribution is 0.295. The highest BCUT2D eigenvalue weighted by Crippen LogP contribution is 2.20. The van der Waals surface area contributed by atoms with Crippen molar-refractivity contribution in [2.75, 3.05) is 18.1 Å². The van der Waals surface area contributed by atoms with Crippen LogP contribution in [0.2, 0.25) is 0 Å². The van der Waals surface area contributed by atoms with Gasteiger partial charge in [-0.3, -0.25) is 0 Å². The summed E-state index contributed by atoms with van der Waals surface area (Å²) < 4.78 is 0. The van der Waals surface area contributed by atoms with Crippen molar-refractivity contribution in [3.05, 3.63) is 17.8 Å². The van der Waals surface area contributed by atoms with Gasteiger partial charge in [-0.25, -0.2) is 0 Å². The second-order valence-corrected chi connectivity index (χ2v) is 3.77. The molecule has 0 aliphatic rings. The molecule has 0 aliphatic heterocycles. The summed E-state index contributed by atoms with van der Waals surface area (Å²) in [5, 5.41) is 26.0. The first-order valence-electron chi connectivity index (χ1n) is 5.87. The molecule has 5 nitrogen and oxygen atoms in total. The van der Waals surface area contributed by atoms with E-state index in [1.54, 1.807) is 6.07 Å². The van der Waals surface area contributed by atoms with Crippen molar-refractivity contribution in [1.82, 2.24) is 10.2 Å². The molecule has 5 heteroatoms. The van der Waals surface area contributed by atoms with Crippen molar-refractivity contribution in [3.8, 4) is 6.07 Å². The van der Waals surface area contributed by atoms with Crippen LogP contribution < -0.4 is 4.90 Å². The molecule has 0 aliphatic carbocycles. The molecule has 0 spiro atoms. The number of aliphatic hydroxyl groups is 1. The largest absolute Gasteiger partial charge is 0.395 e. The molecule has 0 fully saturated rings. The summed E-state index contributed by atoms with van der Waals surface area (Å²) in [6.07, 6.45) is 3.39. The topological polar surface area (TPSA) is 73.0 Å². The van der Waals surface area contributed by atoms with Crippen LogP contribution in [0.15, 0.2) is 12.3 Å². The number of nitrogens with zero attached hydrogens (tertiary/aromatic N) is 4. The number of aliphatic hydroxyl groups excluding tert-OH is 1. The molecular formula is C12H18N4O. The Morgan fingerprint density at radius 2 is 2.18 bits per heavy atom. The molecular weight excluding hydrogens is 216 g/mol. The lowest BCUT2D eigenvalue weighted by Gasteiger charge is -2.31. The summed E-state index contributed by atoms with van der Waals surface area (Å²) >= 11 is 0. The molecule has 0 saturated carbocycles. The highest BCUT2D eigenvalue weighted by Gasteiger charge is 2.19. The van der Waals surface area contributed by atoms with E-state index in [1.165, 1.54) is 6.20 Å². The van der Waals surface area contributed by atoms with Crippen LogP contribution in [-0.2, 0) is 0 Å². The first kappa shape index (κ1) is 13.4. The first-order valence-corrected chi connectivity index (χ1v) is 5.87. The Morgan fingerprint density at radius 1 is 1.47 bits per heavy atom. The van der Waals surface area contributed by atoms with Gasteiger partial charge < -0.3 is 10.0 Å². The van der Waals surface area contributed by atoms with Gasteiger partial charge in [-0.1, -0.05) is 13.8 Å². The van der Waals surface area contributed by atoms with E-state index in [0.29, 0.717) is 17.9 Å². The second kappa shape index (κ2) is 6.81. The minimum atomic E-state index is 0.0396. The predicted octanol–water partition coefficient (Wildman–Crippen LogP) is 1.34. The van der Waals surface area contributed by atoms with Gasteiger partial charge in [0.1, 0.15) is 6.07 Å². The molecule has 1 heterocycles. The molecule has 17 heavy (non-hydrogen) atoms. The van der Waals surface area contributed by atoms with Gasteiger partial charge in [0.05, 0.1) is 18.4 Å². The standard InChI is InChI=1S/C12H18N4O/c1-3-11(4-2)16(7-8-17)12-10(9-13)5-6-14-15-12/h5-6,11,17H,3-4,7-8H2,1-2H3. The lowest BCUT2D eigenvalue weighted by Crippen LogP contribution is -2.38. The van der Waals surface area contributed by atoms with E-state index in [2.05, 4.69) is 30.1 Å². The summed E-state index contributed by atoms with van der Waals surface area (Å²) in [4.78, 5) is 1.96. The Labute approximate surface area is 102 Å². The van der Waals surface area contributed by atoms with Gasteiger partial charge in [0.15, 0.2) is 5.82 Å².